The lowest BCUT2D eigenvalue weighted by Gasteiger charge is -2.12. The average Bonchev–Trinajstić information content (AvgIpc) is 3.22. The summed E-state index contributed by atoms with van der Waals surface area (Å²) in [7, 11) is 1.47. The first kappa shape index (κ1) is 22.3. The van der Waals surface area contributed by atoms with Crippen LogP contribution in [0.2, 0.25) is 5.02 Å². The summed E-state index contributed by atoms with van der Waals surface area (Å²) in [6.07, 6.45) is 0.218. The van der Waals surface area contributed by atoms with Crippen molar-refractivity contribution in [2.45, 2.75) is 26.7 Å². The van der Waals surface area contributed by atoms with Crippen LogP contribution in [-0.4, -0.2) is 35.7 Å². The molecule has 0 aliphatic heterocycles. The maximum absolute atomic E-state index is 12.1. The summed E-state index contributed by atoms with van der Waals surface area (Å²) < 4.78 is 15.4. The van der Waals surface area contributed by atoms with Crippen LogP contribution in [0.3, 0.4) is 0 Å². The van der Waals surface area contributed by atoms with E-state index in [1.54, 1.807) is 19.1 Å². The van der Waals surface area contributed by atoms with Crippen molar-refractivity contribution in [3.8, 4) is 17.1 Å². The Kier molecular flexibility index (Phi) is 7.25. The molecule has 2 aromatic carbocycles. The number of nitrogens with zero attached hydrogens (tertiary/aromatic N) is 2. The standard InChI is InChI=1S/C22H22ClN3O5/c1-13-4-6-15(7-5-13)22-25-20(31-26-22)8-9-21(28)30-12-19(27)24-17-10-14(2)16(23)11-18(17)29-3/h4-7,10-11H,8-9,12H2,1-3H3,(H,24,27). The van der Waals surface area contributed by atoms with E-state index in [0.717, 1.165) is 16.7 Å². The van der Waals surface area contributed by atoms with Gasteiger partial charge in [-0.25, -0.2) is 0 Å². The number of anilines is 1. The maximum Gasteiger partial charge on any atom is 0.306 e. The summed E-state index contributed by atoms with van der Waals surface area (Å²) in [5, 5.41) is 7.09. The molecule has 3 aromatic rings. The van der Waals surface area contributed by atoms with Gasteiger partial charge in [-0.15, -0.1) is 0 Å². The van der Waals surface area contributed by atoms with E-state index in [1.165, 1.54) is 7.11 Å². The number of carbonyl (C=O) groups is 2. The fourth-order valence-corrected chi connectivity index (χ4v) is 2.87. The first-order chi connectivity index (χ1) is 14.9. The van der Waals surface area contributed by atoms with E-state index < -0.39 is 18.5 Å². The number of nitrogens with one attached hydrogen (secondary N) is 1. The van der Waals surface area contributed by atoms with Crippen molar-refractivity contribution in [2.24, 2.45) is 0 Å². The number of hydrogen-bond acceptors (Lipinski definition) is 7. The van der Waals surface area contributed by atoms with E-state index in [9.17, 15) is 9.59 Å². The number of esters is 1. The van der Waals surface area contributed by atoms with Crippen LogP contribution in [0.5, 0.6) is 5.75 Å². The third kappa shape index (κ3) is 6.05. The molecule has 1 aromatic heterocycles. The molecule has 8 nitrogen and oxygen atoms in total. The summed E-state index contributed by atoms with van der Waals surface area (Å²) in [5.41, 5.74) is 3.18. The Labute approximate surface area is 184 Å². The van der Waals surface area contributed by atoms with Gasteiger partial charge in [0.15, 0.2) is 6.61 Å². The molecule has 31 heavy (non-hydrogen) atoms. The largest absolute Gasteiger partial charge is 0.495 e. The van der Waals surface area contributed by atoms with Gasteiger partial charge < -0.3 is 19.3 Å². The molecule has 162 valence electrons. The van der Waals surface area contributed by atoms with E-state index in [-0.39, 0.29) is 12.8 Å². The van der Waals surface area contributed by atoms with Crippen LogP contribution < -0.4 is 10.1 Å². The van der Waals surface area contributed by atoms with Crippen molar-refractivity contribution >= 4 is 29.2 Å². The Balaban J connectivity index is 1.47. The predicted octanol–water partition coefficient (Wildman–Crippen LogP) is 4.13. The molecule has 0 aliphatic rings. The molecule has 0 saturated carbocycles. The van der Waals surface area contributed by atoms with Crippen molar-refractivity contribution in [1.82, 2.24) is 10.1 Å². The van der Waals surface area contributed by atoms with Crippen LogP contribution in [0.15, 0.2) is 40.9 Å². The Morgan fingerprint density at radius 2 is 1.90 bits per heavy atom. The summed E-state index contributed by atoms with van der Waals surface area (Å²) in [4.78, 5) is 28.4. The highest BCUT2D eigenvalue weighted by atomic mass is 35.5. The average molecular weight is 444 g/mol. The fourth-order valence-electron chi connectivity index (χ4n) is 2.72. The minimum Gasteiger partial charge on any atom is -0.495 e. The van der Waals surface area contributed by atoms with E-state index in [4.69, 9.17) is 25.6 Å². The van der Waals surface area contributed by atoms with Crippen LogP contribution in [-0.2, 0) is 20.7 Å². The van der Waals surface area contributed by atoms with Crippen molar-refractivity contribution in [3.05, 3.63) is 58.4 Å². The first-order valence-corrected chi connectivity index (χ1v) is 9.92. The number of methoxy groups -OCH3 is 1. The van der Waals surface area contributed by atoms with Crippen molar-refractivity contribution < 1.29 is 23.6 Å². The van der Waals surface area contributed by atoms with Gasteiger partial charge in [0.2, 0.25) is 11.7 Å². The number of rotatable bonds is 8. The van der Waals surface area contributed by atoms with Crippen LogP contribution in [0.1, 0.15) is 23.4 Å². The Bertz CT molecular complexity index is 1080. The van der Waals surface area contributed by atoms with E-state index in [1.807, 2.05) is 31.2 Å². The minimum absolute atomic E-state index is 0.00614. The molecule has 9 heteroatoms. The number of halogens is 1. The van der Waals surface area contributed by atoms with Gasteiger partial charge in [0.1, 0.15) is 5.75 Å². The number of benzene rings is 2. The number of aryl methyl sites for hydroxylation is 3. The number of amides is 1. The first-order valence-electron chi connectivity index (χ1n) is 9.55. The molecule has 0 bridgehead atoms. The van der Waals surface area contributed by atoms with E-state index in [0.29, 0.717) is 28.2 Å². The molecule has 0 fully saturated rings. The van der Waals surface area contributed by atoms with Gasteiger partial charge in [-0.05, 0) is 25.5 Å². The Morgan fingerprint density at radius 3 is 2.61 bits per heavy atom. The Hall–Kier alpha value is -3.39. The normalized spacial score (nSPS) is 10.6. The van der Waals surface area contributed by atoms with Gasteiger partial charge in [-0.3, -0.25) is 9.59 Å². The minimum atomic E-state index is -0.551. The Morgan fingerprint density at radius 1 is 1.16 bits per heavy atom. The summed E-state index contributed by atoms with van der Waals surface area (Å²) in [6, 6.07) is 11.0. The number of ether oxygens (including phenoxy) is 2. The molecular formula is C22H22ClN3O5. The molecule has 1 amide bonds. The maximum atomic E-state index is 12.1. The predicted molar refractivity (Wildman–Crippen MR) is 115 cm³/mol. The van der Waals surface area contributed by atoms with Crippen molar-refractivity contribution in [3.63, 3.8) is 0 Å². The van der Waals surface area contributed by atoms with Crippen molar-refractivity contribution in [1.29, 1.82) is 0 Å². The zero-order chi connectivity index (χ0) is 22.4. The van der Waals surface area contributed by atoms with Crippen LogP contribution in [0, 0.1) is 13.8 Å². The fraction of sp³-hybridized carbons (Fsp3) is 0.273. The quantitative estimate of drug-likeness (QED) is 0.522. The monoisotopic (exact) mass is 443 g/mol. The van der Waals surface area contributed by atoms with Gasteiger partial charge in [-0.1, -0.05) is 46.6 Å². The molecule has 1 heterocycles. The third-order valence-electron chi connectivity index (χ3n) is 4.44. The number of aromatic nitrogens is 2. The van der Waals surface area contributed by atoms with E-state index >= 15 is 0 Å². The number of hydrogen-bond donors (Lipinski definition) is 1. The summed E-state index contributed by atoms with van der Waals surface area (Å²) in [6.45, 7) is 3.37. The van der Waals surface area contributed by atoms with Gasteiger partial charge in [0, 0.05) is 23.1 Å². The topological polar surface area (TPSA) is 104 Å². The molecule has 3 rings (SSSR count). The molecule has 0 unspecified atom stereocenters. The van der Waals surface area contributed by atoms with E-state index in [2.05, 4.69) is 15.5 Å². The summed E-state index contributed by atoms with van der Waals surface area (Å²) in [5.74, 6) is 0.140. The highest BCUT2D eigenvalue weighted by Crippen LogP contribution is 2.30. The summed E-state index contributed by atoms with van der Waals surface area (Å²) >= 11 is 6.05. The smallest absolute Gasteiger partial charge is 0.306 e. The second-order valence-electron chi connectivity index (χ2n) is 6.89. The zero-order valence-corrected chi connectivity index (χ0v) is 18.2. The second-order valence-corrected chi connectivity index (χ2v) is 7.30. The molecule has 0 spiro atoms. The highest BCUT2D eigenvalue weighted by molar-refractivity contribution is 6.31. The molecule has 0 radical (unpaired) electrons. The zero-order valence-electron chi connectivity index (χ0n) is 17.4. The highest BCUT2D eigenvalue weighted by Gasteiger charge is 2.14. The SMILES string of the molecule is COc1cc(Cl)c(C)cc1NC(=O)COC(=O)CCc1nc(-c2ccc(C)cc2)no1. The van der Waals surface area contributed by atoms with Crippen LogP contribution in [0.4, 0.5) is 5.69 Å². The van der Waals surface area contributed by atoms with Gasteiger partial charge in [0.25, 0.3) is 5.91 Å². The van der Waals surface area contributed by atoms with Gasteiger partial charge in [0.05, 0.1) is 19.2 Å². The molecular weight excluding hydrogens is 422 g/mol. The molecule has 0 aliphatic carbocycles. The van der Waals surface area contributed by atoms with Crippen molar-refractivity contribution in [2.75, 3.05) is 19.0 Å². The number of carbonyl (C=O) groups excluding carboxylic acids is 2. The van der Waals surface area contributed by atoms with Gasteiger partial charge in [-0.2, -0.15) is 4.98 Å². The van der Waals surface area contributed by atoms with Gasteiger partial charge >= 0.3 is 5.97 Å². The van der Waals surface area contributed by atoms with Crippen LogP contribution in [0.25, 0.3) is 11.4 Å². The molecule has 0 atom stereocenters. The van der Waals surface area contributed by atoms with Crippen LogP contribution >= 0.6 is 11.6 Å². The lowest BCUT2D eigenvalue weighted by molar-refractivity contribution is -0.147. The third-order valence-corrected chi connectivity index (χ3v) is 4.85. The second kappa shape index (κ2) is 10.1. The molecule has 1 N–H and O–H groups in total. The lowest BCUT2D eigenvalue weighted by atomic mass is 10.1. The lowest BCUT2D eigenvalue weighted by Crippen LogP contribution is -2.21. The molecule has 0 saturated heterocycles.